The van der Waals surface area contributed by atoms with E-state index >= 15 is 0 Å². The van der Waals surface area contributed by atoms with Gasteiger partial charge in [-0.05, 0) is 37.4 Å². The predicted molar refractivity (Wildman–Crippen MR) is 72.6 cm³/mol. The Labute approximate surface area is 103 Å². The zero-order valence-corrected chi connectivity index (χ0v) is 10.5. The summed E-state index contributed by atoms with van der Waals surface area (Å²) in [5.41, 5.74) is 8.51. The van der Waals surface area contributed by atoms with E-state index in [0.29, 0.717) is 6.04 Å². The highest BCUT2D eigenvalue weighted by Crippen LogP contribution is 2.41. The first-order valence-corrected chi connectivity index (χ1v) is 6.58. The number of nitrogens with zero attached hydrogens (tertiary/aromatic N) is 2. The molecule has 1 aromatic carbocycles. The summed E-state index contributed by atoms with van der Waals surface area (Å²) in [5.74, 6) is 0.774. The molecule has 0 bridgehead atoms. The molecule has 3 rings (SSSR count). The van der Waals surface area contributed by atoms with Crippen LogP contribution in [0.5, 0.6) is 0 Å². The van der Waals surface area contributed by atoms with E-state index in [1.54, 1.807) is 0 Å². The highest BCUT2D eigenvalue weighted by atomic mass is 15.3. The zero-order valence-electron chi connectivity index (χ0n) is 10.5. The number of rotatable bonds is 2. The van der Waals surface area contributed by atoms with Gasteiger partial charge in [-0.2, -0.15) is 0 Å². The number of likely N-dealkylation sites (N-methyl/N-ethyl adjacent to an activating group) is 1. The summed E-state index contributed by atoms with van der Waals surface area (Å²) >= 11 is 0. The van der Waals surface area contributed by atoms with Crippen LogP contribution >= 0.6 is 0 Å². The Morgan fingerprint density at radius 1 is 1.29 bits per heavy atom. The van der Waals surface area contributed by atoms with Crippen molar-refractivity contribution in [1.82, 2.24) is 0 Å². The average molecular weight is 231 g/mol. The SMILES string of the molecule is CN1CC2C(CCN)CCN2c2ccccc21. The van der Waals surface area contributed by atoms with E-state index in [-0.39, 0.29) is 0 Å². The topological polar surface area (TPSA) is 32.5 Å². The summed E-state index contributed by atoms with van der Waals surface area (Å²) in [6.45, 7) is 3.15. The van der Waals surface area contributed by atoms with Crippen molar-refractivity contribution in [3.8, 4) is 0 Å². The zero-order chi connectivity index (χ0) is 11.8. The van der Waals surface area contributed by atoms with Gasteiger partial charge in [0.05, 0.1) is 11.4 Å². The van der Waals surface area contributed by atoms with Gasteiger partial charge in [0, 0.05) is 26.2 Å². The van der Waals surface area contributed by atoms with E-state index in [0.717, 1.165) is 25.4 Å². The Kier molecular flexibility index (Phi) is 2.71. The summed E-state index contributed by atoms with van der Waals surface area (Å²) < 4.78 is 0. The highest BCUT2D eigenvalue weighted by Gasteiger charge is 2.38. The maximum absolute atomic E-state index is 5.73. The lowest BCUT2D eigenvalue weighted by molar-refractivity contribution is 0.440. The number of anilines is 2. The fraction of sp³-hybridized carbons (Fsp3) is 0.571. The van der Waals surface area contributed by atoms with Gasteiger partial charge in [-0.25, -0.2) is 0 Å². The largest absolute Gasteiger partial charge is 0.371 e. The van der Waals surface area contributed by atoms with Crippen molar-refractivity contribution in [3.63, 3.8) is 0 Å². The van der Waals surface area contributed by atoms with E-state index in [1.807, 2.05) is 0 Å². The smallest absolute Gasteiger partial charge is 0.0607 e. The molecule has 1 saturated heterocycles. The molecular weight excluding hydrogens is 210 g/mol. The van der Waals surface area contributed by atoms with Gasteiger partial charge in [0.15, 0.2) is 0 Å². The summed E-state index contributed by atoms with van der Waals surface area (Å²) in [5, 5.41) is 0. The van der Waals surface area contributed by atoms with E-state index in [9.17, 15) is 0 Å². The fourth-order valence-corrected chi connectivity index (χ4v) is 3.42. The minimum Gasteiger partial charge on any atom is -0.371 e. The third kappa shape index (κ3) is 1.69. The number of benzene rings is 1. The van der Waals surface area contributed by atoms with Crippen LogP contribution in [-0.2, 0) is 0 Å². The van der Waals surface area contributed by atoms with Gasteiger partial charge >= 0.3 is 0 Å². The molecule has 0 aromatic heterocycles. The molecule has 0 aliphatic carbocycles. The maximum Gasteiger partial charge on any atom is 0.0607 e. The van der Waals surface area contributed by atoms with Gasteiger partial charge in [0.2, 0.25) is 0 Å². The van der Waals surface area contributed by atoms with Crippen LogP contribution < -0.4 is 15.5 Å². The van der Waals surface area contributed by atoms with Gasteiger partial charge in [-0.15, -0.1) is 0 Å². The molecular formula is C14H21N3. The lowest BCUT2D eigenvalue weighted by atomic mass is 9.94. The van der Waals surface area contributed by atoms with Crippen LogP contribution in [-0.4, -0.2) is 32.7 Å². The summed E-state index contributed by atoms with van der Waals surface area (Å²) in [6, 6.07) is 9.41. The van der Waals surface area contributed by atoms with Crippen LogP contribution in [0.25, 0.3) is 0 Å². The number of nitrogens with two attached hydrogens (primary N) is 1. The van der Waals surface area contributed by atoms with E-state index in [1.165, 1.54) is 24.3 Å². The lowest BCUT2D eigenvalue weighted by Crippen LogP contribution is -2.46. The molecule has 0 radical (unpaired) electrons. The predicted octanol–water partition coefficient (Wildman–Crippen LogP) is 1.68. The van der Waals surface area contributed by atoms with Gasteiger partial charge < -0.3 is 15.5 Å². The van der Waals surface area contributed by atoms with Gasteiger partial charge in [-0.3, -0.25) is 0 Å². The van der Waals surface area contributed by atoms with Gasteiger partial charge in [-0.1, -0.05) is 12.1 Å². The molecule has 0 saturated carbocycles. The first-order chi connectivity index (χ1) is 8.31. The average Bonchev–Trinajstić information content (AvgIpc) is 2.74. The van der Waals surface area contributed by atoms with Crippen molar-refractivity contribution in [2.45, 2.75) is 18.9 Å². The summed E-state index contributed by atoms with van der Waals surface area (Å²) in [4.78, 5) is 4.99. The number of para-hydroxylation sites is 2. The molecule has 3 heteroatoms. The molecule has 1 fully saturated rings. The third-order valence-corrected chi connectivity index (χ3v) is 4.29. The third-order valence-electron chi connectivity index (χ3n) is 4.29. The second kappa shape index (κ2) is 4.22. The second-order valence-electron chi connectivity index (χ2n) is 5.26. The highest BCUT2D eigenvalue weighted by molar-refractivity contribution is 5.74. The molecule has 2 heterocycles. The minimum atomic E-state index is 0.665. The van der Waals surface area contributed by atoms with E-state index < -0.39 is 0 Å². The van der Waals surface area contributed by atoms with E-state index in [4.69, 9.17) is 5.73 Å². The normalized spacial score (nSPS) is 26.9. The molecule has 92 valence electrons. The van der Waals surface area contributed by atoms with E-state index in [2.05, 4.69) is 41.1 Å². The molecule has 0 amide bonds. The van der Waals surface area contributed by atoms with Crippen LogP contribution in [0.15, 0.2) is 24.3 Å². The number of fused-ring (bicyclic) bond motifs is 3. The Hall–Kier alpha value is -1.22. The van der Waals surface area contributed by atoms with Crippen molar-refractivity contribution in [2.24, 2.45) is 11.7 Å². The number of hydrogen-bond donors (Lipinski definition) is 1. The molecule has 1 aromatic rings. The molecule has 17 heavy (non-hydrogen) atoms. The summed E-state index contributed by atoms with van der Waals surface area (Å²) in [7, 11) is 2.20. The van der Waals surface area contributed by atoms with Crippen LogP contribution in [0.3, 0.4) is 0 Å². The number of hydrogen-bond acceptors (Lipinski definition) is 3. The van der Waals surface area contributed by atoms with Crippen LogP contribution in [0, 0.1) is 5.92 Å². The molecule has 3 nitrogen and oxygen atoms in total. The summed E-state index contributed by atoms with van der Waals surface area (Å²) in [6.07, 6.45) is 2.46. The van der Waals surface area contributed by atoms with Gasteiger partial charge in [0.1, 0.15) is 0 Å². The lowest BCUT2D eigenvalue weighted by Gasteiger charge is -2.41. The standard InChI is InChI=1S/C14H21N3/c1-16-10-14-11(6-8-15)7-9-17(14)13-5-3-2-4-12(13)16/h2-5,11,14H,6-10,15H2,1H3. The van der Waals surface area contributed by atoms with Crippen molar-refractivity contribution in [1.29, 1.82) is 0 Å². The molecule has 2 unspecified atom stereocenters. The Bertz CT molecular complexity index is 404. The maximum atomic E-state index is 5.73. The Morgan fingerprint density at radius 2 is 2.06 bits per heavy atom. The van der Waals surface area contributed by atoms with Crippen molar-refractivity contribution in [3.05, 3.63) is 24.3 Å². The Morgan fingerprint density at radius 3 is 2.82 bits per heavy atom. The Balaban J connectivity index is 1.93. The molecule has 2 N–H and O–H groups in total. The van der Waals surface area contributed by atoms with Crippen molar-refractivity contribution >= 4 is 11.4 Å². The van der Waals surface area contributed by atoms with Gasteiger partial charge in [0.25, 0.3) is 0 Å². The minimum absolute atomic E-state index is 0.665. The van der Waals surface area contributed by atoms with Crippen molar-refractivity contribution in [2.75, 3.05) is 36.5 Å². The van der Waals surface area contributed by atoms with Crippen LogP contribution in [0.2, 0.25) is 0 Å². The first kappa shape index (κ1) is 10.9. The second-order valence-corrected chi connectivity index (χ2v) is 5.26. The molecule has 2 aliphatic rings. The molecule has 2 atom stereocenters. The first-order valence-electron chi connectivity index (χ1n) is 6.58. The van der Waals surface area contributed by atoms with Crippen LogP contribution in [0.4, 0.5) is 11.4 Å². The fourth-order valence-electron chi connectivity index (χ4n) is 3.42. The van der Waals surface area contributed by atoms with Crippen molar-refractivity contribution < 1.29 is 0 Å². The quantitative estimate of drug-likeness (QED) is 0.840. The molecule has 0 spiro atoms. The van der Waals surface area contributed by atoms with Crippen LogP contribution in [0.1, 0.15) is 12.8 Å². The molecule has 2 aliphatic heterocycles. The monoisotopic (exact) mass is 231 g/mol.